The Balaban J connectivity index is 1.76. The van der Waals surface area contributed by atoms with Crippen molar-refractivity contribution in [3.05, 3.63) is 59.0 Å². The monoisotopic (exact) mass is 410 g/mol. The summed E-state index contributed by atoms with van der Waals surface area (Å²) in [6, 6.07) is 13.3. The molecule has 4 N–H and O–H groups in total. The molecule has 2 heterocycles. The molecule has 4 rings (SSSR count). The van der Waals surface area contributed by atoms with Gasteiger partial charge >= 0.3 is 0 Å². The van der Waals surface area contributed by atoms with Gasteiger partial charge in [-0.25, -0.2) is 4.98 Å². The Morgan fingerprint density at radius 2 is 1.86 bits per heavy atom. The Morgan fingerprint density at radius 3 is 2.59 bits per heavy atom. The van der Waals surface area contributed by atoms with Crippen LogP contribution in [0.1, 0.15) is 22.2 Å². The number of nitrogens with zero attached hydrogens (tertiary/aromatic N) is 2. The molecule has 9 heteroatoms. The largest absolute Gasteiger partial charge is 0.454 e. The maximum Gasteiger partial charge on any atom is 0.240 e. The van der Waals surface area contributed by atoms with Crippen LogP contribution in [-0.4, -0.2) is 29.5 Å². The summed E-state index contributed by atoms with van der Waals surface area (Å²) >= 11 is 1.10. The van der Waals surface area contributed by atoms with Gasteiger partial charge in [0.15, 0.2) is 16.6 Å². The van der Waals surface area contributed by atoms with E-state index in [1.807, 2.05) is 6.07 Å². The average molecular weight is 410 g/mol. The van der Waals surface area contributed by atoms with Crippen LogP contribution < -0.4 is 25.8 Å². The molecule has 1 aliphatic heterocycles. The van der Waals surface area contributed by atoms with E-state index >= 15 is 0 Å². The Labute approximate surface area is 170 Å². The number of thiazole rings is 1. The molecule has 1 amide bonds. The molecule has 1 unspecified atom stereocenters. The van der Waals surface area contributed by atoms with Crippen molar-refractivity contribution in [3.8, 4) is 11.5 Å². The molecule has 8 nitrogen and oxygen atoms in total. The van der Waals surface area contributed by atoms with Gasteiger partial charge in [-0.2, -0.15) is 0 Å². The van der Waals surface area contributed by atoms with E-state index in [0.29, 0.717) is 32.8 Å². The summed E-state index contributed by atoms with van der Waals surface area (Å²) in [5.74, 6) is 0.478. The highest BCUT2D eigenvalue weighted by molar-refractivity contribution is 7.18. The third-order valence-corrected chi connectivity index (χ3v) is 5.59. The number of ether oxygens (including phenoxy) is 2. The van der Waals surface area contributed by atoms with Gasteiger partial charge in [0, 0.05) is 17.3 Å². The SMILES string of the molecule is CC(C(N)=O)N(c1ccc2c(c1)OCO2)c1nc(N)c(C(=O)c2ccccc2)s1. The number of aromatic nitrogens is 1. The number of amides is 1. The Morgan fingerprint density at radius 1 is 1.14 bits per heavy atom. The van der Waals surface area contributed by atoms with Crippen LogP contribution in [0.2, 0.25) is 0 Å². The highest BCUT2D eigenvalue weighted by Crippen LogP contribution is 2.40. The third-order valence-electron chi connectivity index (χ3n) is 4.52. The predicted molar refractivity (Wildman–Crippen MR) is 110 cm³/mol. The molecule has 0 bridgehead atoms. The molecule has 3 aromatic rings. The molecule has 29 heavy (non-hydrogen) atoms. The fourth-order valence-corrected chi connectivity index (χ4v) is 4.02. The summed E-state index contributed by atoms with van der Waals surface area (Å²) in [5.41, 5.74) is 12.7. The summed E-state index contributed by atoms with van der Waals surface area (Å²) in [6.45, 7) is 1.79. The van der Waals surface area contributed by atoms with Crippen LogP contribution in [0.5, 0.6) is 11.5 Å². The van der Waals surface area contributed by atoms with E-state index in [4.69, 9.17) is 20.9 Å². The van der Waals surface area contributed by atoms with Crippen LogP contribution in [-0.2, 0) is 4.79 Å². The first kappa shape index (κ1) is 18.8. The quantitative estimate of drug-likeness (QED) is 0.599. The average Bonchev–Trinajstić information content (AvgIpc) is 3.34. The van der Waals surface area contributed by atoms with E-state index in [1.165, 1.54) is 0 Å². The lowest BCUT2D eigenvalue weighted by Crippen LogP contribution is -2.39. The minimum atomic E-state index is -0.736. The summed E-state index contributed by atoms with van der Waals surface area (Å²) in [6.07, 6.45) is 0. The van der Waals surface area contributed by atoms with E-state index < -0.39 is 11.9 Å². The van der Waals surface area contributed by atoms with Gasteiger partial charge in [0.1, 0.15) is 16.7 Å². The van der Waals surface area contributed by atoms with Gasteiger partial charge in [0.05, 0.1) is 0 Å². The number of anilines is 3. The number of ketones is 1. The lowest BCUT2D eigenvalue weighted by atomic mass is 10.1. The molecule has 0 fully saturated rings. The zero-order chi connectivity index (χ0) is 20.5. The van der Waals surface area contributed by atoms with Crippen LogP contribution in [0, 0.1) is 0 Å². The first-order chi connectivity index (χ1) is 14.0. The first-order valence-electron chi connectivity index (χ1n) is 8.80. The van der Waals surface area contributed by atoms with Crippen LogP contribution in [0.25, 0.3) is 0 Å². The molecule has 0 saturated carbocycles. The van der Waals surface area contributed by atoms with E-state index in [9.17, 15) is 9.59 Å². The molecule has 1 atom stereocenters. The Kier molecular flexibility index (Phi) is 4.81. The Bertz CT molecular complexity index is 1080. The number of benzene rings is 2. The minimum absolute atomic E-state index is 0.0984. The molecule has 148 valence electrons. The van der Waals surface area contributed by atoms with Crippen LogP contribution in [0.4, 0.5) is 16.6 Å². The fourth-order valence-electron chi connectivity index (χ4n) is 2.97. The van der Waals surface area contributed by atoms with Gasteiger partial charge in [-0.1, -0.05) is 41.7 Å². The van der Waals surface area contributed by atoms with Gasteiger partial charge in [-0.3, -0.25) is 9.59 Å². The zero-order valence-corrected chi connectivity index (χ0v) is 16.3. The smallest absolute Gasteiger partial charge is 0.240 e. The lowest BCUT2D eigenvalue weighted by Gasteiger charge is -2.26. The van der Waals surface area contributed by atoms with Crippen molar-refractivity contribution in [2.24, 2.45) is 5.73 Å². The Hall–Kier alpha value is -3.59. The van der Waals surface area contributed by atoms with E-state index in [2.05, 4.69) is 4.98 Å². The number of hydrogen-bond acceptors (Lipinski definition) is 8. The molecular weight excluding hydrogens is 392 g/mol. The maximum atomic E-state index is 12.8. The number of rotatable bonds is 6. The van der Waals surface area contributed by atoms with Gasteiger partial charge in [0.25, 0.3) is 0 Å². The standard InChI is InChI=1S/C20H18N4O4S/c1-11(19(22)26)24(13-7-8-14-15(9-13)28-10-27-14)20-23-18(21)17(29-20)16(25)12-5-3-2-4-6-12/h2-9,11H,10,21H2,1H3,(H2,22,26). The second-order valence-corrected chi connectivity index (χ2v) is 7.37. The number of primary amides is 1. The van der Waals surface area contributed by atoms with Crippen LogP contribution in [0.3, 0.4) is 0 Å². The van der Waals surface area contributed by atoms with E-state index in [-0.39, 0.29) is 18.4 Å². The lowest BCUT2D eigenvalue weighted by molar-refractivity contribution is -0.118. The summed E-state index contributed by atoms with van der Waals surface area (Å²) in [7, 11) is 0. The predicted octanol–water partition coefficient (Wildman–Crippen LogP) is 2.70. The number of fused-ring (bicyclic) bond motifs is 1. The number of hydrogen-bond donors (Lipinski definition) is 2. The number of nitrogen functional groups attached to an aromatic ring is 1. The summed E-state index contributed by atoms with van der Waals surface area (Å²) in [5, 5.41) is 0.381. The van der Waals surface area contributed by atoms with E-state index in [0.717, 1.165) is 11.3 Å². The first-order valence-corrected chi connectivity index (χ1v) is 9.61. The van der Waals surface area contributed by atoms with Crippen molar-refractivity contribution in [1.82, 2.24) is 4.98 Å². The van der Waals surface area contributed by atoms with Gasteiger partial charge in [0.2, 0.25) is 18.5 Å². The molecule has 1 aliphatic rings. The summed E-state index contributed by atoms with van der Waals surface area (Å²) in [4.78, 5) is 31.1. The van der Waals surface area contributed by atoms with Crippen LogP contribution >= 0.6 is 11.3 Å². The van der Waals surface area contributed by atoms with Crippen LogP contribution in [0.15, 0.2) is 48.5 Å². The van der Waals surface area contributed by atoms with Gasteiger partial charge in [-0.15, -0.1) is 0 Å². The minimum Gasteiger partial charge on any atom is -0.454 e. The van der Waals surface area contributed by atoms with Crippen molar-refractivity contribution in [1.29, 1.82) is 0 Å². The topological polar surface area (TPSA) is 121 Å². The summed E-state index contributed by atoms with van der Waals surface area (Å²) < 4.78 is 10.8. The number of carbonyl (C=O) groups is 2. The molecule has 0 saturated heterocycles. The van der Waals surface area contributed by atoms with E-state index in [1.54, 1.807) is 54.3 Å². The van der Waals surface area contributed by atoms with Gasteiger partial charge in [-0.05, 0) is 19.1 Å². The second-order valence-electron chi connectivity index (χ2n) is 6.39. The number of nitrogens with two attached hydrogens (primary N) is 2. The van der Waals surface area contributed by atoms with Crippen molar-refractivity contribution in [2.45, 2.75) is 13.0 Å². The highest BCUT2D eigenvalue weighted by atomic mass is 32.1. The van der Waals surface area contributed by atoms with Crippen molar-refractivity contribution in [3.63, 3.8) is 0 Å². The number of carbonyl (C=O) groups excluding carboxylic acids is 2. The molecule has 1 aromatic heterocycles. The van der Waals surface area contributed by atoms with Crippen molar-refractivity contribution < 1.29 is 19.1 Å². The fraction of sp³-hybridized carbons (Fsp3) is 0.150. The molecule has 0 spiro atoms. The second kappa shape index (κ2) is 7.44. The molecule has 2 aromatic carbocycles. The molecule has 0 radical (unpaired) electrons. The third kappa shape index (κ3) is 3.47. The van der Waals surface area contributed by atoms with Crippen molar-refractivity contribution in [2.75, 3.05) is 17.4 Å². The normalized spacial score (nSPS) is 13.1. The van der Waals surface area contributed by atoms with Gasteiger partial charge < -0.3 is 25.8 Å². The maximum absolute atomic E-state index is 12.8. The zero-order valence-electron chi connectivity index (χ0n) is 15.5. The van der Waals surface area contributed by atoms with Crippen molar-refractivity contribution >= 4 is 39.7 Å². The highest BCUT2D eigenvalue weighted by Gasteiger charge is 2.28. The molecule has 0 aliphatic carbocycles. The molecular formula is C20H18N4O4S.